The van der Waals surface area contributed by atoms with Crippen LogP contribution in [0.5, 0.6) is 0 Å². The molecular formula is C20H17F2NO5. The van der Waals surface area contributed by atoms with E-state index in [9.17, 15) is 18.4 Å². The Morgan fingerprint density at radius 1 is 1.00 bits per heavy atom. The van der Waals surface area contributed by atoms with Crippen LogP contribution in [0.25, 0.3) is 11.1 Å². The first kappa shape index (κ1) is 19.5. The van der Waals surface area contributed by atoms with Crippen LogP contribution in [0.2, 0.25) is 0 Å². The third-order valence-electron chi connectivity index (χ3n) is 4.25. The van der Waals surface area contributed by atoms with E-state index in [1.807, 2.05) is 0 Å². The van der Waals surface area contributed by atoms with Crippen molar-refractivity contribution < 1.29 is 32.6 Å². The molecule has 0 radical (unpaired) electrons. The van der Waals surface area contributed by atoms with Crippen molar-refractivity contribution in [3.63, 3.8) is 0 Å². The van der Waals surface area contributed by atoms with Crippen LogP contribution in [0.4, 0.5) is 14.5 Å². The number of carbonyl (C=O) groups is 2. The van der Waals surface area contributed by atoms with Gasteiger partial charge in [0.05, 0.1) is 26.4 Å². The van der Waals surface area contributed by atoms with Gasteiger partial charge in [0.1, 0.15) is 24.1 Å². The van der Waals surface area contributed by atoms with E-state index in [0.29, 0.717) is 11.3 Å². The van der Waals surface area contributed by atoms with Gasteiger partial charge in [-0.15, -0.1) is 0 Å². The van der Waals surface area contributed by atoms with Crippen molar-refractivity contribution in [2.24, 2.45) is 0 Å². The molecule has 1 aliphatic rings. The van der Waals surface area contributed by atoms with Gasteiger partial charge in [-0.3, -0.25) is 0 Å². The second-order valence-corrected chi connectivity index (χ2v) is 5.89. The lowest BCUT2D eigenvalue weighted by atomic mass is 10.0. The predicted octanol–water partition coefficient (Wildman–Crippen LogP) is 3.03. The number of ether oxygens (including phenoxy) is 3. The molecular weight excluding hydrogens is 372 g/mol. The van der Waals surface area contributed by atoms with Gasteiger partial charge in [-0.1, -0.05) is 12.1 Å². The lowest BCUT2D eigenvalue weighted by molar-refractivity contribution is -0.140. The van der Waals surface area contributed by atoms with Crippen molar-refractivity contribution in [2.45, 2.75) is 0 Å². The number of carbonyl (C=O) groups excluding carboxylic acids is 2. The highest BCUT2D eigenvalue weighted by molar-refractivity contribution is 6.03. The van der Waals surface area contributed by atoms with Crippen molar-refractivity contribution in [3.8, 4) is 11.1 Å². The zero-order chi connectivity index (χ0) is 20.3. The SMILES string of the molecule is COC(=O)C1=C(C(=O)OC)N(c2ccc(-c3ccc(F)cc3F)cc2)COC1. The first-order valence-corrected chi connectivity index (χ1v) is 8.26. The van der Waals surface area contributed by atoms with E-state index in [1.165, 1.54) is 31.3 Å². The molecule has 0 aliphatic carbocycles. The number of nitrogens with zero attached hydrogens (tertiary/aromatic N) is 1. The van der Waals surface area contributed by atoms with Crippen LogP contribution in [0.1, 0.15) is 0 Å². The molecule has 3 rings (SSSR count). The lowest BCUT2D eigenvalue weighted by Crippen LogP contribution is -2.38. The number of benzene rings is 2. The van der Waals surface area contributed by atoms with Gasteiger partial charge < -0.3 is 19.1 Å². The van der Waals surface area contributed by atoms with E-state index >= 15 is 0 Å². The van der Waals surface area contributed by atoms with Gasteiger partial charge in [0.25, 0.3) is 0 Å². The predicted molar refractivity (Wildman–Crippen MR) is 96.2 cm³/mol. The molecule has 1 aliphatic heterocycles. The molecule has 146 valence electrons. The highest BCUT2D eigenvalue weighted by Crippen LogP contribution is 2.30. The van der Waals surface area contributed by atoms with E-state index in [0.717, 1.165) is 6.07 Å². The third-order valence-corrected chi connectivity index (χ3v) is 4.25. The fraction of sp³-hybridized carbons (Fsp3) is 0.200. The minimum absolute atomic E-state index is 0.00911. The summed E-state index contributed by atoms with van der Waals surface area (Å²) in [5.41, 5.74) is 1.33. The molecule has 0 N–H and O–H groups in total. The maximum atomic E-state index is 14.0. The molecule has 0 aromatic heterocycles. The van der Waals surface area contributed by atoms with Gasteiger partial charge in [-0.05, 0) is 29.8 Å². The van der Waals surface area contributed by atoms with Gasteiger partial charge in [-0.25, -0.2) is 18.4 Å². The smallest absolute Gasteiger partial charge is 0.355 e. The summed E-state index contributed by atoms with van der Waals surface area (Å²) in [5, 5.41) is 0. The largest absolute Gasteiger partial charge is 0.466 e. The van der Waals surface area contributed by atoms with Gasteiger partial charge >= 0.3 is 11.9 Å². The molecule has 8 heteroatoms. The Labute approximate surface area is 159 Å². The molecule has 0 atom stereocenters. The Hall–Kier alpha value is -3.26. The minimum atomic E-state index is -0.711. The summed E-state index contributed by atoms with van der Waals surface area (Å²) < 4.78 is 42.0. The van der Waals surface area contributed by atoms with E-state index in [1.54, 1.807) is 24.3 Å². The van der Waals surface area contributed by atoms with Crippen LogP contribution >= 0.6 is 0 Å². The van der Waals surface area contributed by atoms with Crippen LogP contribution in [0.3, 0.4) is 0 Å². The van der Waals surface area contributed by atoms with Gasteiger partial charge in [0.15, 0.2) is 0 Å². The average molecular weight is 389 g/mol. The van der Waals surface area contributed by atoms with Gasteiger partial charge in [0.2, 0.25) is 0 Å². The van der Waals surface area contributed by atoms with Crippen LogP contribution in [-0.4, -0.2) is 39.5 Å². The number of hydrogen-bond acceptors (Lipinski definition) is 6. The number of rotatable bonds is 4. The molecule has 0 unspecified atom stereocenters. The topological polar surface area (TPSA) is 65.1 Å². The summed E-state index contributed by atoms with van der Waals surface area (Å²) in [6.07, 6.45) is 0. The van der Waals surface area contributed by atoms with E-state index in [-0.39, 0.29) is 30.2 Å². The number of esters is 2. The molecule has 2 aromatic rings. The van der Waals surface area contributed by atoms with Crippen molar-refractivity contribution in [1.82, 2.24) is 0 Å². The van der Waals surface area contributed by atoms with Gasteiger partial charge in [-0.2, -0.15) is 0 Å². The van der Waals surface area contributed by atoms with Crippen molar-refractivity contribution in [3.05, 3.63) is 65.4 Å². The first-order chi connectivity index (χ1) is 13.5. The van der Waals surface area contributed by atoms with Crippen molar-refractivity contribution in [1.29, 1.82) is 0 Å². The van der Waals surface area contributed by atoms with Crippen molar-refractivity contribution in [2.75, 3.05) is 32.5 Å². The van der Waals surface area contributed by atoms with E-state index < -0.39 is 23.6 Å². The molecule has 0 amide bonds. The Balaban J connectivity index is 1.99. The zero-order valence-electron chi connectivity index (χ0n) is 15.2. The van der Waals surface area contributed by atoms with E-state index in [2.05, 4.69) is 0 Å². The maximum Gasteiger partial charge on any atom is 0.355 e. The van der Waals surface area contributed by atoms with Crippen LogP contribution < -0.4 is 4.90 Å². The number of halogens is 2. The average Bonchev–Trinajstić information content (AvgIpc) is 2.72. The quantitative estimate of drug-likeness (QED) is 0.749. The Bertz CT molecular complexity index is 940. The Morgan fingerprint density at radius 2 is 1.68 bits per heavy atom. The number of hydrogen-bond donors (Lipinski definition) is 0. The number of anilines is 1. The summed E-state index contributed by atoms with van der Waals surface area (Å²) in [4.78, 5) is 25.8. The second kappa shape index (κ2) is 8.18. The van der Waals surface area contributed by atoms with Crippen LogP contribution in [0, 0.1) is 11.6 Å². The lowest BCUT2D eigenvalue weighted by Gasteiger charge is -2.31. The summed E-state index contributed by atoms with van der Waals surface area (Å²) in [6.45, 7) is -0.0817. The fourth-order valence-electron chi connectivity index (χ4n) is 2.89. The molecule has 2 aromatic carbocycles. The minimum Gasteiger partial charge on any atom is -0.466 e. The van der Waals surface area contributed by atoms with E-state index in [4.69, 9.17) is 14.2 Å². The standard InChI is InChI=1S/C20H17F2NO5/c1-26-19(24)16-10-28-11-23(18(16)20(25)27-2)14-6-3-12(4-7-14)15-8-5-13(21)9-17(15)22/h3-9H,10-11H2,1-2H3. The maximum absolute atomic E-state index is 14.0. The Kier molecular flexibility index (Phi) is 5.70. The highest BCUT2D eigenvalue weighted by atomic mass is 19.1. The van der Waals surface area contributed by atoms with Gasteiger partial charge in [0, 0.05) is 17.3 Å². The highest BCUT2D eigenvalue weighted by Gasteiger charge is 2.32. The second-order valence-electron chi connectivity index (χ2n) is 5.89. The Morgan fingerprint density at radius 3 is 2.29 bits per heavy atom. The summed E-state index contributed by atoms with van der Waals surface area (Å²) >= 11 is 0. The molecule has 1 heterocycles. The third kappa shape index (κ3) is 3.72. The zero-order valence-corrected chi connectivity index (χ0v) is 15.2. The molecule has 0 saturated carbocycles. The fourth-order valence-corrected chi connectivity index (χ4v) is 2.89. The monoisotopic (exact) mass is 389 g/mol. The normalized spacial score (nSPS) is 14.1. The molecule has 28 heavy (non-hydrogen) atoms. The summed E-state index contributed by atoms with van der Waals surface area (Å²) in [7, 11) is 2.41. The molecule has 0 saturated heterocycles. The van der Waals surface area contributed by atoms with Crippen LogP contribution in [-0.2, 0) is 23.8 Å². The van der Waals surface area contributed by atoms with Crippen LogP contribution in [0.15, 0.2) is 53.7 Å². The molecule has 0 bridgehead atoms. The summed E-state index contributed by atoms with van der Waals surface area (Å²) in [6, 6.07) is 9.82. The molecule has 6 nitrogen and oxygen atoms in total. The molecule has 0 spiro atoms. The number of methoxy groups -OCH3 is 2. The molecule has 0 fully saturated rings. The van der Waals surface area contributed by atoms with Crippen molar-refractivity contribution >= 4 is 17.6 Å². The first-order valence-electron chi connectivity index (χ1n) is 8.26. The summed E-state index contributed by atoms with van der Waals surface area (Å²) in [5.74, 6) is -2.75.